The number of aromatic nitrogens is 1. The van der Waals surface area contributed by atoms with Crippen LogP contribution in [0.3, 0.4) is 0 Å². The lowest BCUT2D eigenvalue weighted by atomic mass is 10.1. The van der Waals surface area contributed by atoms with Gasteiger partial charge in [-0.15, -0.1) is 0 Å². The third kappa shape index (κ3) is 7.59. The van der Waals surface area contributed by atoms with E-state index in [0.717, 1.165) is 23.4 Å². The molecule has 0 aliphatic carbocycles. The minimum atomic E-state index is -4.40. The van der Waals surface area contributed by atoms with E-state index in [4.69, 9.17) is 5.73 Å². The molecule has 0 radical (unpaired) electrons. The molecule has 0 saturated heterocycles. The fraction of sp³-hybridized carbons (Fsp3) is 0.192. The molecule has 0 saturated carbocycles. The predicted molar refractivity (Wildman–Crippen MR) is 141 cm³/mol. The molecule has 7 nitrogen and oxygen atoms in total. The monoisotopic (exact) mass is 495 g/mol. The number of hydrogen-bond acceptors (Lipinski definition) is 7. The molecule has 0 fully saturated rings. The Morgan fingerprint density at radius 3 is 2.44 bits per heavy atom. The average Bonchev–Trinajstić information content (AvgIpc) is 2.79. The molecule has 5 N–H and O–H groups in total. The Morgan fingerprint density at radius 1 is 1.06 bits per heavy atom. The Balaban J connectivity index is 1.57. The normalized spacial score (nSPS) is 12.1. The third-order valence-corrected chi connectivity index (χ3v) is 4.85. The van der Waals surface area contributed by atoms with Crippen LogP contribution in [0.2, 0.25) is 0 Å². The SMILES string of the molecule is C=C(/N=C(/C)c1ccc(NC(C)C)cc1N)N/N=C/c1ccc(Nc2cccc(C(F)(F)F)c2)cn1. The fourth-order valence-corrected chi connectivity index (χ4v) is 3.27. The average molecular weight is 496 g/mol. The molecular weight excluding hydrogens is 467 g/mol. The second kappa shape index (κ2) is 11.4. The first-order valence-electron chi connectivity index (χ1n) is 11.1. The highest BCUT2D eigenvalue weighted by Gasteiger charge is 2.30. The first kappa shape index (κ1) is 26.3. The minimum absolute atomic E-state index is 0.296. The third-order valence-electron chi connectivity index (χ3n) is 4.85. The van der Waals surface area contributed by atoms with E-state index >= 15 is 0 Å². The standard InChI is InChI=1S/C26H28F3N7/c1-16(2)33-21-10-11-24(25(30)13-21)17(3)34-18(4)36-32-15-22-8-9-23(14-31-22)35-20-7-5-6-19(12-20)26(27,28)29/h5-16,33,35-36H,4,30H2,1-3H3/b32-15+,34-17-. The quantitative estimate of drug-likeness (QED) is 0.162. The highest BCUT2D eigenvalue weighted by Crippen LogP contribution is 2.31. The number of rotatable bonds is 9. The number of hydrazone groups is 1. The second-order valence-corrected chi connectivity index (χ2v) is 8.29. The van der Waals surface area contributed by atoms with Crippen LogP contribution in [0.15, 0.2) is 83.3 Å². The zero-order valence-corrected chi connectivity index (χ0v) is 20.2. The van der Waals surface area contributed by atoms with E-state index in [1.165, 1.54) is 18.5 Å². The van der Waals surface area contributed by atoms with Crippen LogP contribution in [0.5, 0.6) is 0 Å². The number of nitrogen functional groups attached to an aromatic ring is 1. The molecule has 1 heterocycles. The summed E-state index contributed by atoms with van der Waals surface area (Å²) >= 11 is 0. The van der Waals surface area contributed by atoms with E-state index in [0.29, 0.717) is 40.3 Å². The van der Waals surface area contributed by atoms with Crippen LogP contribution >= 0.6 is 0 Å². The number of anilines is 4. The van der Waals surface area contributed by atoms with E-state index in [9.17, 15) is 13.2 Å². The summed E-state index contributed by atoms with van der Waals surface area (Å²) in [6.07, 6.45) is -1.43. The van der Waals surface area contributed by atoms with Crippen LogP contribution in [-0.4, -0.2) is 23.0 Å². The van der Waals surface area contributed by atoms with E-state index in [2.05, 4.69) is 51.6 Å². The van der Waals surface area contributed by atoms with Crippen molar-refractivity contribution in [2.45, 2.75) is 33.0 Å². The summed E-state index contributed by atoms with van der Waals surface area (Å²) in [6.45, 7) is 9.78. The van der Waals surface area contributed by atoms with E-state index < -0.39 is 11.7 Å². The first-order chi connectivity index (χ1) is 17.0. The Hall–Kier alpha value is -4.34. The zero-order chi connectivity index (χ0) is 26.3. The summed E-state index contributed by atoms with van der Waals surface area (Å²) in [4.78, 5) is 8.63. The molecule has 188 valence electrons. The molecule has 0 aliphatic rings. The van der Waals surface area contributed by atoms with Crippen LogP contribution < -0.4 is 21.8 Å². The number of hydrogen-bond donors (Lipinski definition) is 4. The topological polar surface area (TPSA) is 99.7 Å². The Bertz CT molecular complexity index is 1260. The van der Waals surface area contributed by atoms with Crippen molar-refractivity contribution in [3.05, 3.63) is 90.0 Å². The van der Waals surface area contributed by atoms with Gasteiger partial charge >= 0.3 is 6.18 Å². The smallest absolute Gasteiger partial charge is 0.398 e. The van der Waals surface area contributed by atoms with Crippen LogP contribution in [0.1, 0.15) is 37.6 Å². The molecule has 36 heavy (non-hydrogen) atoms. The molecule has 0 atom stereocenters. The maximum absolute atomic E-state index is 12.9. The summed E-state index contributed by atoms with van der Waals surface area (Å²) in [5.74, 6) is 0.315. The van der Waals surface area contributed by atoms with E-state index in [-0.39, 0.29) is 0 Å². The summed E-state index contributed by atoms with van der Waals surface area (Å²) in [6, 6.07) is 14.3. The lowest BCUT2D eigenvalue weighted by Crippen LogP contribution is -2.11. The fourth-order valence-electron chi connectivity index (χ4n) is 3.27. The Morgan fingerprint density at radius 2 is 1.81 bits per heavy atom. The van der Waals surface area contributed by atoms with Gasteiger partial charge < -0.3 is 16.4 Å². The molecule has 0 amide bonds. The number of benzene rings is 2. The van der Waals surface area contributed by atoms with Crippen LogP contribution in [0.25, 0.3) is 0 Å². The van der Waals surface area contributed by atoms with Crippen molar-refractivity contribution in [2.24, 2.45) is 10.1 Å². The summed E-state index contributed by atoms with van der Waals surface area (Å²) < 4.78 is 38.6. The number of pyridine rings is 1. The Kier molecular flexibility index (Phi) is 8.31. The van der Waals surface area contributed by atoms with E-state index in [1.54, 1.807) is 18.2 Å². The van der Waals surface area contributed by atoms with Gasteiger partial charge in [-0.05, 0) is 69.3 Å². The largest absolute Gasteiger partial charge is 0.416 e. The maximum atomic E-state index is 12.9. The molecule has 10 heteroatoms. The summed E-state index contributed by atoms with van der Waals surface area (Å²) in [5, 5.41) is 10.3. The van der Waals surface area contributed by atoms with Gasteiger partial charge in [0.2, 0.25) is 0 Å². The zero-order valence-electron chi connectivity index (χ0n) is 20.2. The molecule has 3 rings (SSSR count). The van der Waals surface area contributed by atoms with Gasteiger partial charge in [0, 0.05) is 34.4 Å². The molecule has 0 unspecified atom stereocenters. The van der Waals surface area contributed by atoms with Crippen molar-refractivity contribution in [1.29, 1.82) is 0 Å². The lowest BCUT2D eigenvalue weighted by Gasteiger charge is -2.13. The van der Waals surface area contributed by atoms with Gasteiger partial charge in [0.1, 0.15) is 5.82 Å². The van der Waals surface area contributed by atoms with Gasteiger partial charge in [0.05, 0.1) is 29.4 Å². The van der Waals surface area contributed by atoms with Gasteiger partial charge in [-0.1, -0.05) is 12.6 Å². The maximum Gasteiger partial charge on any atom is 0.416 e. The minimum Gasteiger partial charge on any atom is -0.398 e. The van der Waals surface area contributed by atoms with Crippen molar-refractivity contribution in [1.82, 2.24) is 10.4 Å². The first-order valence-corrected chi connectivity index (χ1v) is 11.1. The van der Waals surface area contributed by atoms with E-state index in [1.807, 2.05) is 25.1 Å². The molecule has 2 aromatic carbocycles. The Labute approximate surface area is 208 Å². The number of aliphatic imine (C=N–C) groups is 1. The molecule has 0 bridgehead atoms. The number of alkyl halides is 3. The van der Waals surface area contributed by atoms with Crippen molar-refractivity contribution in [2.75, 3.05) is 16.4 Å². The molecule has 0 aliphatic heterocycles. The van der Waals surface area contributed by atoms with Crippen molar-refractivity contribution >= 4 is 34.7 Å². The number of nitrogens with one attached hydrogen (secondary N) is 3. The highest BCUT2D eigenvalue weighted by molar-refractivity contribution is 6.04. The van der Waals surface area contributed by atoms with Gasteiger partial charge in [-0.3, -0.25) is 10.4 Å². The predicted octanol–water partition coefficient (Wildman–Crippen LogP) is 6.15. The van der Waals surface area contributed by atoms with Gasteiger partial charge in [0.25, 0.3) is 0 Å². The molecule has 3 aromatic rings. The highest BCUT2D eigenvalue weighted by atomic mass is 19.4. The lowest BCUT2D eigenvalue weighted by molar-refractivity contribution is -0.137. The summed E-state index contributed by atoms with van der Waals surface area (Å²) in [5.41, 5.74) is 12.6. The van der Waals surface area contributed by atoms with Gasteiger partial charge in [0.15, 0.2) is 0 Å². The second-order valence-electron chi connectivity index (χ2n) is 8.29. The molecule has 1 aromatic heterocycles. The molecule has 0 spiro atoms. The van der Waals surface area contributed by atoms with Gasteiger partial charge in [-0.25, -0.2) is 4.99 Å². The summed E-state index contributed by atoms with van der Waals surface area (Å²) in [7, 11) is 0. The van der Waals surface area contributed by atoms with Gasteiger partial charge in [-0.2, -0.15) is 18.3 Å². The van der Waals surface area contributed by atoms with Crippen LogP contribution in [0.4, 0.5) is 35.9 Å². The van der Waals surface area contributed by atoms with Crippen LogP contribution in [0, 0.1) is 0 Å². The number of halogens is 3. The number of nitrogens with zero attached hydrogens (tertiary/aromatic N) is 3. The van der Waals surface area contributed by atoms with Crippen molar-refractivity contribution in [3.8, 4) is 0 Å². The number of nitrogens with two attached hydrogens (primary N) is 1. The van der Waals surface area contributed by atoms with Crippen LogP contribution in [-0.2, 0) is 6.18 Å². The van der Waals surface area contributed by atoms with Crippen molar-refractivity contribution < 1.29 is 13.2 Å². The van der Waals surface area contributed by atoms with Crippen molar-refractivity contribution in [3.63, 3.8) is 0 Å². The molecular formula is C26H28F3N7.